The molecule has 19 heavy (non-hydrogen) atoms. The summed E-state index contributed by atoms with van der Waals surface area (Å²) in [6.45, 7) is 6.05. The molecule has 1 amide bonds. The molecule has 0 bridgehead atoms. The maximum Gasteiger partial charge on any atom is 0.250 e. The Hall–Kier alpha value is -1.75. The Morgan fingerprint density at radius 1 is 1.37 bits per heavy atom. The van der Waals surface area contributed by atoms with Crippen molar-refractivity contribution in [3.05, 3.63) is 18.2 Å². The van der Waals surface area contributed by atoms with Crippen LogP contribution in [0.25, 0.3) is 0 Å². The van der Waals surface area contributed by atoms with Crippen molar-refractivity contribution in [3.8, 4) is 5.75 Å². The number of anilines is 2. The van der Waals surface area contributed by atoms with E-state index in [4.69, 9.17) is 15.2 Å². The predicted molar refractivity (Wildman–Crippen MR) is 76.3 cm³/mol. The van der Waals surface area contributed by atoms with Gasteiger partial charge >= 0.3 is 0 Å². The van der Waals surface area contributed by atoms with E-state index < -0.39 is 0 Å². The summed E-state index contributed by atoms with van der Waals surface area (Å²) in [6, 6.07) is 5.11. The van der Waals surface area contributed by atoms with Crippen molar-refractivity contribution < 1.29 is 14.3 Å². The number of hydrogen-bond acceptors (Lipinski definition) is 4. The molecule has 0 saturated heterocycles. The minimum absolute atomic E-state index is 0.0187. The Kier molecular flexibility index (Phi) is 5.63. The van der Waals surface area contributed by atoms with E-state index in [1.807, 2.05) is 20.8 Å². The van der Waals surface area contributed by atoms with Crippen LogP contribution in [-0.2, 0) is 9.53 Å². The molecule has 1 atom stereocenters. The number of nitrogen functional groups attached to an aromatic ring is 1. The molecule has 1 rings (SSSR count). The zero-order valence-corrected chi connectivity index (χ0v) is 11.9. The lowest BCUT2D eigenvalue weighted by Crippen LogP contribution is -2.24. The first kappa shape index (κ1) is 15.3. The van der Waals surface area contributed by atoms with Crippen LogP contribution < -0.4 is 15.8 Å². The van der Waals surface area contributed by atoms with Crippen LogP contribution in [0, 0.1) is 5.92 Å². The number of amides is 1. The third-order valence-corrected chi connectivity index (χ3v) is 2.95. The van der Waals surface area contributed by atoms with Crippen LogP contribution in [0.3, 0.4) is 0 Å². The third-order valence-electron chi connectivity index (χ3n) is 2.95. The first-order valence-corrected chi connectivity index (χ1v) is 6.29. The fraction of sp³-hybridized carbons (Fsp3) is 0.500. The number of nitrogens with one attached hydrogen (secondary N) is 1. The Labute approximate surface area is 114 Å². The summed E-state index contributed by atoms with van der Waals surface area (Å²) >= 11 is 0. The van der Waals surface area contributed by atoms with Crippen molar-refractivity contribution in [2.75, 3.05) is 24.8 Å². The lowest BCUT2D eigenvalue weighted by atomic mass is 10.1. The maximum absolute atomic E-state index is 11.7. The number of carbonyl (C=O) groups excluding carboxylic acids is 1. The number of ether oxygens (including phenoxy) is 2. The van der Waals surface area contributed by atoms with Gasteiger partial charge in [0, 0.05) is 6.07 Å². The molecule has 0 aliphatic heterocycles. The van der Waals surface area contributed by atoms with Gasteiger partial charge in [0.2, 0.25) is 5.91 Å². The summed E-state index contributed by atoms with van der Waals surface area (Å²) in [5, 5.41) is 2.71. The van der Waals surface area contributed by atoms with Gasteiger partial charge in [0.15, 0.2) is 0 Å². The third kappa shape index (κ3) is 4.79. The molecule has 0 aliphatic carbocycles. The monoisotopic (exact) mass is 266 g/mol. The highest BCUT2D eigenvalue weighted by atomic mass is 16.5. The second kappa shape index (κ2) is 6.99. The Balaban J connectivity index is 2.53. The number of methoxy groups -OCH3 is 1. The number of carbonyl (C=O) groups is 1. The minimum atomic E-state index is -0.218. The highest BCUT2D eigenvalue weighted by Crippen LogP contribution is 2.23. The van der Waals surface area contributed by atoms with E-state index in [2.05, 4.69) is 5.32 Å². The minimum Gasteiger partial charge on any atom is -0.497 e. The lowest BCUT2D eigenvalue weighted by Gasteiger charge is -2.16. The second-order valence-electron chi connectivity index (χ2n) is 4.76. The zero-order chi connectivity index (χ0) is 14.4. The molecule has 5 nitrogen and oxygen atoms in total. The van der Waals surface area contributed by atoms with Gasteiger partial charge in [-0.1, -0.05) is 13.8 Å². The molecule has 0 aromatic heterocycles. The molecule has 106 valence electrons. The fourth-order valence-corrected chi connectivity index (χ4v) is 1.37. The van der Waals surface area contributed by atoms with Crippen molar-refractivity contribution in [3.63, 3.8) is 0 Å². The zero-order valence-electron chi connectivity index (χ0n) is 11.9. The van der Waals surface area contributed by atoms with Crippen LogP contribution in [-0.4, -0.2) is 25.7 Å². The molecular weight excluding hydrogens is 244 g/mol. The summed E-state index contributed by atoms with van der Waals surface area (Å²) in [6.07, 6.45) is 0.0407. The van der Waals surface area contributed by atoms with Gasteiger partial charge in [-0.2, -0.15) is 0 Å². The molecule has 1 aromatic rings. The van der Waals surface area contributed by atoms with Crippen molar-refractivity contribution in [1.29, 1.82) is 0 Å². The van der Waals surface area contributed by atoms with Gasteiger partial charge in [-0.25, -0.2) is 0 Å². The van der Waals surface area contributed by atoms with Crippen LogP contribution >= 0.6 is 0 Å². The first-order chi connectivity index (χ1) is 8.93. The molecule has 5 heteroatoms. The van der Waals surface area contributed by atoms with Gasteiger partial charge in [-0.15, -0.1) is 0 Å². The highest BCUT2D eigenvalue weighted by Gasteiger charge is 2.11. The molecule has 0 aliphatic rings. The average Bonchev–Trinajstić information content (AvgIpc) is 2.38. The smallest absolute Gasteiger partial charge is 0.250 e. The van der Waals surface area contributed by atoms with Gasteiger partial charge < -0.3 is 20.5 Å². The number of hydrogen-bond donors (Lipinski definition) is 2. The molecule has 0 heterocycles. The second-order valence-corrected chi connectivity index (χ2v) is 4.76. The quantitative estimate of drug-likeness (QED) is 0.775. The van der Waals surface area contributed by atoms with Crippen LogP contribution in [0.1, 0.15) is 20.8 Å². The van der Waals surface area contributed by atoms with Gasteiger partial charge in [-0.05, 0) is 25.0 Å². The Morgan fingerprint density at radius 3 is 2.58 bits per heavy atom. The highest BCUT2D eigenvalue weighted by molar-refractivity contribution is 5.94. The van der Waals surface area contributed by atoms with E-state index >= 15 is 0 Å². The number of rotatable bonds is 6. The van der Waals surface area contributed by atoms with Gasteiger partial charge in [0.1, 0.15) is 12.4 Å². The van der Waals surface area contributed by atoms with E-state index in [-0.39, 0.29) is 18.6 Å². The standard InChI is InChI=1S/C14H22N2O3/c1-9(2)10(3)19-8-14(17)16-13-6-5-11(18-4)7-12(13)15/h5-7,9-10H,8,15H2,1-4H3,(H,16,17). The molecule has 3 N–H and O–H groups in total. The summed E-state index contributed by atoms with van der Waals surface area (Å²) in [7, 11) is 1.56. The van der Waals surface area contributed by atoms with E-state index in [1.165, 1.54) is 0 Å². The molecule has 0 spiro atoms. The summed E-state index contributed by atoms with van der Waals surface area (Å²) in [5.74, 6) is 0.809. The lowest BCUT2D eigenvalue weighted by molar-refractivity contribution is -0.123. The van der Waals surface area contributed by atoms with E-state index in [0.717, 1.165) is 0 Å². The maximum atomic E-state index is 11.7. The SMILES string of the molecule is COc1ccc(NC(=O)COC(C)C(C)C)c(N)c1. The summed E-state index contributed by atoms with van der Waals surface area (Å²) in [5.41, 5.74) is 6.84. The van der Waals surface area contributed by atoms with Crippen LogP contribution in [0.4, 0.5) is 11.4 Å². The van der Waals surface area contributed by atoms with Crippen molar-refractivity contribution in [2.24, 2.45) is 5.92 Å². The van der Waals surface area contributed by atoms with Crippen LogP contribution in [0.2, 0.25) is 0 Å². The van der Waals surface area contributed by atoms with Gasteiger partial charge in [-0.3, -0.25) is 4.79 Å². The molecular formula is C14H22N2O3. The largest absolute Gasteiger partial charge is 0.497 e. The first-order valence-electron chi connectivity index (χ1n) is 6.29. The fourth-order valence-electron chi connectivity index (χ4n) is 1.37. The van der Waals surface area contributed by atoms with Crippen LogP contribution in [0.5, 0.6) is 5.75 Å². The Bertz CT molecular complexity index is 433. The van der Waals surface area contributed by atoms with Crippen molar-refractivity contribution in [2.45, 2.75) is 26.9 Å². The predicted octanol–water partition coefficient (Wildman–Crippen LogP) is 2.28. The van der Waals surface area contributed by atoms with Crippen molar-refractivity contribution >= 4 is 17.3 Å². The van der Waals surface area contributed by atoms with Crippen LogP contribution in [0.15, 0.2) is 18.2 Å². The molecule has 1 unspecified atom stereocenters. The summed E-state index contributed by atoms with van der Waals surface area (Å²) < 4.78 is 10.5. The van der Waals surface area contributed by atoms with E-state index in [0.29, 0.717) is 23.0 Å². The normalized spacial score (nSPS) is 12.3. The van der Waals surface area contributed by atoms with Gasteiger partial charge in [0.05, 0.1) is 24.6 Å². The summed E-state index contributed by atoms with van der Waals surface area (Å²) in [4.78, 5) is 11.7. The Morgan fingerprint density at radius 2 is 2.05 bits per heavy atom. The number of benzene rings is 1. The van der Waals surface area contributed by atoms with E-state index in [9.17, 15) is 4.79 Å². The van der Waals surface area contributed by atoms with Crippen molar-refractivity contribution in [1.82, 2.24) is 0 Å². The number of nitrogens with two attached hydrogens (primary N) is 1. The van der Waals surface area contributed by atoms with E-state index in [1.54, 1.807) is 25.3 Å². The molecule has 0 radical (unpaired) electrons. The van der Waals surface area contributed by atoms with Gasteiger partial charge in [0.25, 0.3) is 0 Å². The molecule has 1 aromatic carbocycles. The topological polar surface area (TPSA) is 73.6 Å². The molecule has 0 saturated carbocycles. The molecule has 0 fully saturated rings. The average molecular weight is 266 g/mol.